The molecule has 0 aliphatic carbocycles. The van der Waals surface area contributed by atoms with Gasteiger partial charge in [0.25, 0.3) is 0 Å². The topological polar surface area (TPSA) is 80.3 Å². The van der Waals surface area contributed by atoms with Crippen molar-refractivity contribution in [1.29, 1.82) is 0 Å². The van der Waals surface area contributed by atoms with E-state index in [2.05, 4.69) is 13.2 Å². The Balaban J connectivity index is 2.26. The molecule has 1 aliphatic heterocycles. The zero-order valence-electron chi connectivity index (χ0n) is 18.2. The Morgan fingerprint density at radius 2 is 1.55 bits per heavy atom. The van der Waals surface area contributed by atoms with E-state index < -0.39 is 36.5 Å². The molecular formula is C24H32O7. The van der Waals surface area contributed by atoms with Crippen molar-refractivity contribution >= 4 is 11.9 Å². The normalized spacial score (nSPS) is 25.4. The highest BCUT2D eigenvalue weighted by atomic mass is 16.6. The highest BCUT2D eigenvalue weighted by molar-refractivity contribution is 5.70. The van der Waals surface area contributed by atoms with E-state index in [9.17, 15) is 9.59 Å². The number of rotatable bonds is 12. The van der Waals surface area contributed by atoms with Crippen LogP contribution in [-0.4, -0.2) is 57.2 Å². The summed E-state index contributed by atoms with van der Waals surface area (Å²) in [5.74, 6) is -0.786. The number of ether oxygens (including phenoxy) is 5. The SMILES string of the molecule is C=CCCC(=O)OC[C@H]1O[C@@H](c2ccccc2)[C@H](OC)[C@@H](OC)[C@@H]1OC(=O)CCC=C. The van der Waals surface area contributed by atoms with Crippen LogP contribution in [0.3, 0.4) is 0 Å². The quantitative estimate of drug-likeness (QED) is 0.369. The molecule has 0 bridgehead atoms. The monoisotopic (exact) mass is 432 g/mol. The van der Waals surface area contributed by atoms with Crippen molar-refractivity contribution in [2.75, 3.05) is 20.8 Å². The number of carbonyl (C=O) groups excluding carboxylic acids is 2. The smallest absolute Gasteiger partial charge is 0.306 e. The lowest BCUT2D eigenvalue weighted by molar-refractivity contribution is -0.253. The molecule has 0 aromatic heterocycles. The molecule has 7 nitrogen and oxygen atoms in total. The lowest BCUT2D eigenvalue weighted by Crippen LogP contribution is -2.58. The van der Waals surface area contributed by atoms with Crippen molar-refractivity contribution in [3.05, 3.63) is 61.2 Å². The fourth-order valence-electron chi connectivity index (χ4n) is 3.53. The largest absolute Gasteiger partial charge is 0.463 e. The van der Waals surface area contributed by atoms with E-state index >= 15 is 0 Å². The van der Waals surface area contributed by atoms with E-state index in [1.807, 2.05) is 30.3 Å². The second-order valence-electron chi connectivity index (χ2n) is 7.20. The van der Waals surface area contributed by atoms with Gasteiger partial charge in [0.15, 0.2) is 6.10 Å². The van der Waals surface area contributed by atoms with Crippen molar-refractivity contribution in [3.63, 3.8) is 0 Å². The summed E-state index contributed by atoms with van der Waals surface area (Å²) < 4.78 is 28.8. The molecule has 0 N–H and O–H groups in total. The van der Waals surface area contributed by atoms with Gasteiger partial charge in [0.2, 0.25) is 0 Å². The van der Waals surface area contributed by atoms with Crippen LogP contribution in [0.5, 0.6) is 0 Å². The standard InChI is InChI=1S/C24H32O7/c1-5-7-14-19(25)29-16-18-22(31-20(26)15-8-6-2)24(28-4)23(27-3)21(30-18)17-12-10-9-11-13-17/h5-6,9-13,18,21-24H,1-2,7-8,14-16H2,3-4H3/t18-,21+,22-,23+,24+/m1/s1. The van der Waals surface area contributed by atoms with Crippen LogP contribution in [-0.2, 0) is 33.3 Å². The molecule has 0 saturated carbocycles. The van der Waals surface area contributed by atoms with Crippen LogP contribution < -0.4 is 0 Å². The molecule has 1 fully saturated rings. The Morgan fingerprint density at radius 3 is 2.13 bits per heavy atom. The minimum Gasteiger partial charge on any atom is -0.463 e. The van der Waals surface area contributed by atoms with Crippen LogP contribution in [0.15, 0.2) is 55.6 Å². The average molecular weight is 433 g/mol. The summed E-state index contributed by atoms with van der Waals surface area (Å²) in [7, 11) is 3.09. The first-order chi connectivity index (χ1) is 15.0. The van der Waals surface area contributed by atoms with Crippen molar-refractivity contribution in [1.82, 2.24) is 0 Å². The van der Waals surface area contributed by atoms with Crippen molar-refractivity contribution in [3.8, 4) is 0 Å². The third-order valence-corrected chi connectivity index (χ3v) is 5.09. The molecule has 31 heavy (non-hydrogen) atoms. The number of allylic oxidation sites excluding steroid dienone is 2. The Labute approximate surface area is 184 Å². The molecule has 1 aromatic rings. The summed E-state index contributed by atoms with van der Waals surface area (Å²) in [6.07, 6.45) is 1.55. The predicted molar refractivity (Wildman–Crippen MR) is 115 cm³/mol. The molecule has 0 spiro atoms. The third kappa shape index (κ3) is 7.02. The van der Waals surface area contributed by atoms with Crippen molar-refractivity contribution in [2.45, 2.75) is 56.2 Å². The van der Waals surface area contributed by atoms with Gasteiger partial charge in [-0.05, 0) is 18.4 Å². The number of carbonyl (C=O) groups is 2. The number of hydrogen-bond acceptors (Lipinski definition) is 7. The fraction of sp³-hybridized carbons (Fsp3) is 0.500. The van der Waals surface area contributed by atoms with Crippen LogP contribution in [0.2, 0.25) is 0 Å². The first-order valence-corrected chi connectivity index (χ1v) is 10.4. The van der Waals surface area contributed by atoms with Crippen LogP contribution in [0.1, 0.15) is 37.4 Å². The predicted octanol–water partition coefficient (Wildman–Crippen LogP) is 3.54. The zero-order valence-corrected chi connectivity index (χ0v) is 18.2. The van der Waals surface area contributed by atoms with Gasteiger partial charge in [-0.1, -0.05) is 42.5 Å². The first kappa shape index (κ1) is 24.8. The van der Waals surface area contributed by atoms with E-state index in [1.54, 1.807) is 19.3 Å². The molecule has 1 aliphatic rings. The molecule has 2 rings (SSSR count). The third-order valence-electron chi connectivity index (χ3n) is 5.09. The van der Waals surface area contributed by atoms with Gasteiger partial charge in [-0.25, -0.2) is 0 Å². The van der Waals surface area contributed by atoms with Crippen LogP contribution in [0, 0.1) is 0 Å². The molecule has 0 radical (unpaired) electrons. The number of benzene rings is 1. The number of hydrogen-bond donors (Lipinski definition) is 0. The van der Waals surface area contributed by atoms with Gasteiger partial charge in [-0.2, -0.15) is 0 Å². The Kier molecular flexibility index (Phi) is 10.4. The molecule has 0 unspecified atom stereocenters. The van der Waals surface area contributed by atoms with Gasteiger partial charge in [-0.15, -0.1) is 13.2 Å². The minimum atomic E-state index is -0.806. The highest BCUT2D eigenvalue weighted by Crippen LogP contribution is 2.36. The van der Waals surface area contributed by atoms with Gasteiger partial charge in [0.05, 0.1) is 0 Å². The van der Waals surface area contributed by atoms with E-state index in [4.69, 9.17) is 23.7 Å². The van der Waals surface area contributed by atoms with E-state index in [-0.39, 0.29) is 25.4 Å². The fourth-order valence-corrected chi connectivity index (χ4v) is 3.53. The zero-order chi connectivity index (χ0) is 22.6. The van der Waals surface area contributed by atoms with Gasteiger partial charge < -0.3 is 23.7 Å². The maximum absolute atomic E-state index is 12.4. The summed E-state index contributed by atoms with van der Waals surface area (Å²) in [6, 6.07) is 9.56. The maximum Gasteiger partial charge on any atom is 0.306 e. The first-order valence-electron chi connectivity index (χ1n) is 10.4. The van der Waals surface area contributed by atoms with Crippen LogP contribution >= 0.6 is 0 Å². The summed E-state index contributed by atoms with van der Waals surface area (Å²) in [6.45, 7) is 7.16. The molecule has 1 heterocycles. The van der Waals surface area contributed by atoms with Gasteiger partial charge in [-0.3, -0.25) is 9.59 Å². The summed E-state index contributed by atoms with van der Waals surface area (Å²) in [5.41, 5.74) is 0.885. The van der Waals surface area contributed by atoms with Crippen molar-refractivity contribution in [2.24, 2.45) is 0 Å². The van der Waals surface area contributed by atoms with Gasteiger partial charge in [0, 0.05) is 27.1 Å². The van der Waals surface area contributed by atoms with Crippen LogP contribution in [0.4, 0.5) is 0 Å². The highest BCUT2D eigenvalue weighted by Gasteiger charge is 2.49. The van der Waals surface area contributed by atoms with Gasteiger partial charge >= 0.3 is 11.9 Å². The Hall–Kier alpha value is -2.48. The van der Waals surface area contributed by atoms with Crippen LogP contribution in [0.25, 0.3) is 0 Å². The second-order valence-corrected chi connectivity index (χ2v) is 7.20. The number of methoxy groups -OCH3 is 2. The van der Waals surface area contributed by atoms with E-state index in [1.165, 1.54) is 7.11 Å². The minimum absolute atomic E-state index is 0.0744. The maximum atomic E-state index is 12.4. The van der Waals surface area contributed by atoms with E-state index in [0.717, 1.165) is 5.56 Å². The molecule has 1 saturated heterocycles. The summed E-state index contributed by atoms with van der Waals surface area (Å²) in [5, 5.41) is 0. The average Bonchev–Trinajstić information content (AvgIpc) is 2.80. The van der Waals surface area contributed by atoms with Crippen molar-refractivity contribution < 1.29 is 33.3 Å². The van der Waals surface area contributed by atoms with E-state index in [0.29, 0.717) is 12.8 Å². The molecule has 7 heteroatoms. The molecule has 170 valence electrons. The summed E-state index contributed by atoms with van der Waals surface area (Å²) in [4.78, 5) is 24.4. The molecule has 0 amide bonds. The Bertz CT molecular complexity index is 718. The lowest BCUT2D eigenvalue weighted by atomic mass is 9.90. The molecule has 1 aromatic carbocycles. The molecular weight excluding hydrogens is 400 g/mol. The van der Waals surface area contributed by atoms with Gasteiger partial charge in [0.1, 0.15) is 31.0 Å². The number of esters is 2. The lowest BCUT2D eigenvalue weighted by Gasteiger charge is -2.45. The molecule has 5 atom stereocenters. The summed E-state index contributed by atoms with van der Waals surface area (Å²) >= 11 is 0. The second kappa shape index (κ2) is 13.0. The Morgan fingerprint density at radius 1 is 0.935 bits per heavy atom.